The number of esters is 1. The van der Waals surface area contributed by atoms with Crippen molar-refractivity contribution in [3.63, 3.8) is 0 Å². The van der Waals surface area contributed by atoms with Crippen LogP contribution in [0.4, 0.5) is 0 Å². The van der Waals surface area contributed by atoms with Crippen LogP contribution in [0.25, 0.3) is 0 Å². The summed E-state index contributed by atoms with van der Waals surface area (Å²) in [7, 11) is -3.06. The van der Waals surface area contributed by atoms with E-state index in [0.29, 0.717) is 24.3 Å². The molecule has 0 radical (unpaired) electrons. The smallest absolute Gasteiger partial charge is 0.338 e. The van der Waals surface area contributed by atoms with Crippen LogP contribution in [0.1, 0.15) is 36.5 Å². The first-order chi connectivity index (χ1) is 11.9. The van der Waals surface area contributed by atoms with E-state index in [2.05, 4.69) is 12.2 Å². The van der Waals surface area contributed by atoms with Crippen molar-refractivity contribution < 1.29 is 27.5 Å². The van der Waals surface area contributed by atoms with Crippen LogP contribution in [0.5, 0.6) is 5.75 Å². The zero-order valence-corrected chi connectivity index (χ0v) is 15.0. The fourth-order valence-corrected chi connectivity index (χ4v) is 4.09. The SMILES string of the molecule is CCCCOc1ccc(C(=O)OCC(=O)N[C@@H]2CCS(=O)(=O)C2)cc1. The first-order valence-electron chi connectivity index (χ1n) is 8.29. The van der Waals surface area contributed by atoms with E-state index in [0.717, 1.165) is 12.8 Å². The molecule has 0 aromatic heterocycles. The molecular formula is C17H23NO6S. The van der Waals surface area contributed by atoms with Gasteiger partial charge < -0.3 is 14.8 Å². The number of carbonyl (C=O) groups excluding carboxylic acids is 2. The van der Waals surface area contributed by atoms with Crippen LogP contribution in [0.3, 0.4) is 0 Å². The van der Waals surface area contributed by atoms with Gasteiger partial charge in [0, 0.05) is 6.04 Å². The van der Waals surface area contributed by atoms with Gasteiger partial charge in [-0.15, -0.1) is 0 Å². The van der Waals surface area contributed by atoms with Gasteiger partial charge in [-0.25, -0.2) is 13.2 Å². The fourth-order valence-electron chi connectivity index (χ4n) is 2.41. The third kappa shape index (κ3) is 6.38. The van der Waals surface area contributed by atoms with Gasteiger partial charge in [0.15, 0.2) is 16.4 Å². The van der Waals surface area contributed by atoms with Crippen molar-refractivity contribution >= 4 is 21.7 Å². The molecule has 8 heteroatoms. The van der Waals surface area contributed by atoms with Gasteiger partial charge >= 0.3 is 5.97 Å². The van der Waals surface area contributed by atoms with Gasteiger partial charge in [-0.2, -0.15) is 0 Å². The van der Waals surface area contributed by atoms with Crippen molar-refractivity contribution in [2.75, 3.05) is 24.7 Å². The lowest BCUT2D eigenvalue weighted by Gasteiger charge is -2.11. The molecule has 1 saturated heterocycles. The number of sulfone groups is 1. The van der Waals surface area contributed by atoms with Crippen molar-refractivity contribution in [1.29, 1.82) is 0 Å². The monoisotopic (exact) mass is 369 g/mol. The first-order valence-corrected chi connectivity index (χ1v) is 10.1. The molecule has 1 aromatic rings. The van der Waals surface area contributed by atoms with Crippen molar-refractivity contribution in [3.05, 3.63) is 29.8 Å². The van der Waals surface area contributed by atoms with Crippen LogP contribution in [0, 0.1) is 0 Å². The van der Waals surface area contributed by atoms with Gasteiger partial charge in [-0.05, 0) is 37.1 Å². The van der Waals surface area contributed by atoms with Gasteiger partial charge in [0.2, 0.25) is 0 Å². The summed E-state index contributed by atoms with van der Waals surface area (Å²) in [5, 5.41) is 2.56. The molecule has 1 N–H and O–H groups in total. The predicted octanol–water partition coefficient (Wildman–Crippen LogP) is 1.33. The molecule has 1 aliphatic heterocycles. The lowest BCUT2D eigenvalue weighted by atomic mass is 10.2. The number of rotatable bonds is 8. The maximum atomic E-state index is 11.9. The Hall–Kier alpha value is -2.09. The number of unbranched alkanes of at least 4 members (excludes halogenated alkanes) is 1. The molecule has 1 atom stereocenters. The van der Waals surface area contributed by atoms with Crippen molar-refractivity contribution in [2.24, 2.45) is 0 Å². The minimum Gasteiger partial charge on any atom is -0.494 e. The Morgan fingerprint density at radius 3 is 2.56 bits per heavy atom. The summed E-state index contributed by atoms with van der Waals surface area (Å²) in [4.78, 5) is 23.7. The Balaban J connectivity index is 1.75. The zero-order valence-electron chi connectivity index (χ0n) is 14.2. The number of hydrogen-bond donors (Lipinski definition) is 1. The summed E-state index contributed by atoms with van der Waals surface area (Å²) in [5.74, 6) is -0.439. The van der Waals surface area contributed by atoms with Gasteiger partial charge in [-0.1, -0.05) is 13.3 Å². The summed E-state index contributed by atoms with van der Waals surface area (Å²) in [6, 6.07) is 6.09. The maximum absolute atomic E-state index is 11.9. The predicted molar refractivity (Wildman–Crippen MR) is 92.3 cm³/mol. The van der Waals surface area contributed by atoms with Gasteiger partial charge in [0.05, 0.1) is 23.7 Å². The maximum Gasteiger partial charge on any atom is 0.338 e. The molecule has 0 unspecified atom stereocenters. The number of benzene rings is 1. The largest absolute Gasteiger partial charge is 0.494 e. The number of nitrogens with one attached hydrogen (secondary N) is 1. The topological polar surface area (TPSA) is 98.8 Å². The van der Waals surface area contributed by atoms with E-state index in [4.69, 9.17) is 9.47 Å². The first kappa shape index (κ1) is 19.2. The van der Waals surface area contributed by atoms with Crippen LogP contribution in [0.15, 0.2) is 24.3 Å². The third-order valence-electron chi connectivity index (χ3n) is 3.79. The molecule has 1 heterocycles. The standard InChI is InChI=1S/C17H23NO6S/c1-2-3-9-23-15-6-4-13(5-7-15)17(20)24-11-16(19)18-14-8-10-25(21,22)12-14/h4-7,14H,2-3,8-12H2,1H3,(H,18,19)/t14-/m1/s1. The molecule has 7 nitrogen and oxygen atoms in total. The highest BCUT2D eigenvalue weighted by atomic mass is 32.2. The van der Waals surface area contributed by atoms with E-state index in [1.54, 1.807) is 24.3 Å². The van der Waals surface area contributed by atoms with Crippen molar-refractivity contribution in [3.8, 4) is 5.75 Å². The summed E-state index contributed by atoms with van der Waals surface area (Å²) in [6.07, 6.45) is 2.39. The second kappa shape index (κ2) is 8.84. The molecular weight excluding hydrogens is 346 g/mol. The highest BCUT2D eigenvalue weighted by molar-refractivity contribution is 7.91. The Bertz CT molecular complexity index is 698. The van der Waals surface area contributed by atoms with Crippen molar-refractivity contribution in [2.45, 2.75) is 32.2 Å². The Labute approximate surface area is 147 Å². The highest BCUT2D eigenvalue weighted by Gasteiger charge is 2.29. The van der Waals surface area contributed by atoms with E-state index < -0.39 is 34.4 Å². The van der Waals surface area contributed by atoms with E-state index in [1.807, 2.05) is 0 Å². The molecule has 1 aliphatic rings. The van der Waals surface area contributed by atoms with Gasteiger partial charge in [0.25, 0.3) is 5.91 Å². The lowest BCUT2D eigenvalue weighted by molar-refractivity contribution is -0.124. The Kier molecular flexibility index (Phi) is 6.81. The molecule has 2 rings (SSSR count). The minimum absolute atomic E-state index is 0.0633. The summed E-state index contributed by atoms with van der Waals surface area (Å²) in [6.45, 7) is 2.26. The molecule has 1 fully saturated rings. The Morgan fingerprint density at radius 1 is 1.24 bits per heavy atom. The van der Waals surface area contributed by atoms with E-state index in [1.165, 1.54) is 0 Å². The molecule has 0 bridgehead atoms. The lowest BCUT2D eigenvalue weighted by Crippen LogP contribution is -2.38. The summed E-state index contributed by atoms with van der Waals surface area (Å²) in [5.41, 5.74) is 0.319. The quantitative estimate of drug-likeness (QED) is 0.548. The van der Waals surface area contributed by atoms with E-state index in [-0.39, 0.29) is 11.5 Å². The van der Waals surface area contributed by atoms with Crippen LogP contribution >= 0.6 is 0 Å². The molecule has 1 aromatic carbocycles. The second-order valence-corrected chi connectivity index (χ2v) is 8.20. The molecule has 25 heavy (non-hydrogen) atoms. The minimum atomic E-state index is -3.06. The van der Waals surface area contributed by atoms with Crippen LogP contribution in [-0.2, 0) is 19.4 Å². The highest BCUT2D eigenvalue weighted by Crippen LogP contribution is 2.14. The number of amides is 1. The Morgan fingerprint density at radius 2 is 1.96 bits per heavy atom. The number of carbonyl (C=O) groups is 2. The zero-order chi connectivity index (χ0) is 18.3. The van der Waals surface area contributed by atoms with Crippen LogP contribution in [0.2, 0.25) is 0 Å². The molecule has 0 aliphatic carbocycles. The number of ether oxygens (including phenoxy) is 2. The molecule has 0 saturated carbocycles. The summed E-state index contributed by atoms with van der Waals surface area (Å²) >= 11 is 0. The molecule has 0 spiro atoms. The van der Waals surface area contributed by atoms with Gasteiger partial charge in [-0.3, -0.25) is 4.79 Å². The normalized spacial score (nSPS) is 18.5. The van der Waals surface area contributed by atoms with Gasteiger partial charge in [0.1, 0.15) is 5.75 Å². The summed E-state index contributed by atoms with van der Waals surface area (Å²) < 4.78 is 33.1. The van der Waals surface area contributed by atoms with Crippen LogP contribution in [-0.4, -0.2) is 51.1 Å². The van der Waals surface area contributed by atoms with Crippen molar-refractivity contribution in [1.82, 2.24) is 5.32 Å². The number of hydrogen-bond acceptors (Lipinski definition) is 6. The average Bonchev–Trinajstić information content (AvgIpc) is 2.92. The average molecular weight is 369 g/mol. The van der Waals surface area contributed by atoms with Crippen LogP contribution < -0.4 is 10.1 Å². The second-order valence-electron chi connectivity index (χ2n) is 5.97. The molecule has 138 valence electrons. The third-order valence-corrected chi connectivity index (χ3v) is 5.56. The van der Waals surface area contributed by atoms with E-state index in [9.17, 15) is 18.0 Å². The fraction of sp³-hybridized carbons (Fsp3) is 0.529. The van der Waals surface area contributed by atoms with E-state index >= 15 is 0 Å². The molecule has 1 amide bonds.